The van der Waals surface area contributed by atoms with Crippen molar-refractivity contribution in [3.05, 3.63) is 212 Å². The number of hydrogen-bond donors (Lipinski definition) is 0. The minimum atomic E-state index is 0.996. The first kappa shape index (κ1) is 33.1. The fraction of sp³-hybridized carbons (Fsp3) is 0. The van der Waals surface area contributed by atoms with Gasteiger partial charge in [-0.25, -0.2) is 0 Å². The summed E-state index contributed by atoms with van der Waals surface area (Å²) in [6.07, 6.45) is 1.87. The predicted molar refractivity (Wildman–Crippen MR) is 256 cm³/mol. The van der Waals surface area contributed by atoms with Gasteiger partial charge in [0.1, 0.15) is 0 Å². The van der Waals surface area contributed by atoms with Gasteiger partial charge < -0.3 is 0 Å². The SMILES string of the molecule is c1cc(-c2ccc(-c3cccc(-c4ccc5ccc6cccc7ccc4c5c67)c3)c(-c3ccc4ncccc4c3)c2)cc(-c2ccc3ccc4cccc5ccc2c3c45)c1. The van der Waals surface area contributed by atoms with E-state index < -0.39 is 0 Å². The highest BCUT2D eigenvalue weighted by Gasteiger charge is 2.17. The number of pyridine rings is 1. The minimum Gasteiger partial charge on any atom is -0.256 e. The van der Waals surface area contributed by atoms with Crippen LogP contribution in [0, 0.1) is 0 Å². The molecule has 0 aliphatic carbocycles. The molecule has 13 aromatic rings. The minimum absolute atomic E-state index is 0.996. The summed E-state index contributed by atoms with van der Waals surface area (Å²) < 4.78 is 0. The molecule has 0 bridgehead atoms. The molecule has 1 nitrogen and oxygen atoms in total. The third kappa shape index (κ3) is 5.03. The first-order valence-corrected chi connectivity index (χ1v) is 20.8. The second-order valence-electron chi connectivity index (χ2n) is 16.3. The lowest BCUT2D eigenvalue weighted by Crippen LogP contribution is -1.91. The molecule has 0 atom stereocenters. The fourth-order valence-electron chi connectivity index (χ4n) is 10.2. The van der Waals surface area contributed by atoms with Crippen LogP contribution < -0.4 is 0 Å². The number of fused-ring (bicyclic) bond motifs is 1. The Hall–Kier alpha value is -7.87. The van der Waals surface area contributed by atoms with Gasteiger partial charge in [0.2, 0.25) is 0 Å². The average molecular weight is 758 g/mol. The van der Waals surface area contributed by atoms with E-state index in [-0.39, 0.29) is 0 Å². The third-order valence-electron chi connectivity index (χ3n) is 13.0. The number of benzene rings is 12. The van der Waals surface area contributed by atoms with E-state index in [1.165, 1.54) is 120 Å². The van der Waals surface area contributed by atoms with Gasteiger partial charge >= 0.3 is 0 Å². The maximum absolute atomic E-state index is 4.65. The van der Waals surface area contributed by atoms with Crippen LogP contribution in [0.5, 0.6) is 0 Å². The molecule has 276 valence electrons. The van der Waals surface area contributed by atoms with Crippen LogP contribution in [0.25, 0.3) is 131 Å². The van der Waals surface area contributed by atoms with E-state index in [1.54, 1.807) is 0 Å². The summed E-state index contributed by atoms with van der Waals surface area (Å²) in [6, 6.07) is 76.6. The Labute approximate surface area is 347 Å². The molecule has 13 rings (SSSR count). The molecule has 1 heterocycles. The van der Waals surface area contributed by atoms with Gasteiger partial charge in [-0.3, -0.25) is 4.98 Å². The monoisotopic (exact) mass is 757 g/mol. The van der Waals surface area contributed by atoms with Crippen LogP contribution in [0.2, 0.25) is 0 Å². The van der Waals surface area contributed by atoms with Crippen molar-refractivity contribution in [2.75, 3.05) is 0 Å². The van der Waals surface area contributed by atoms with Crippen LogP contribution in [0.3, 0.4) is 0 Å². The van der Waals surface area contributed by atoms with Gasteiger partial charge in [-0.15, -0.1) is 0 Å². The van der Waals surface area contributed by atoms with Crippen molar-refractivity contribution in [2.24, 2.45) is 0 Å². The van der Waals surface area contributed by atoms with E-state index in [4.69, 9.17) is 0 Å². The van der Waals surface area contributed by atoms with Crippen LogP contribution >= 0.6 is 0 Å². The van der Waals surface area contributed by atoms with Crippen LogP contribution in [-0.4, -0.2) is 4.98 Å². The summed E-state index contributed by atoms with van der Waals surface area (Å²) in [6.45, 7) is 0. The quantitative estimate of drug-likeness (QED) is 0.159. The lowest BCUT2D eigenvalue weighted by Gasteiger charge is -2.17. The van der Waals surface area contributed by atoms with Crippen molar-refractivity contribution in [2.45, 2.75) is 0 Å². The van der Waals surface area contributed by atoms with Crippen molar-refractivity contribution in [1.29, 1.82) is 0 Å². The average Bonchev–Trinajstić information content (AvgIpc) is 3.32. The highest BCUT2D eigenvalue weighted by molar-refractivity contribution is 6.26. The van der Waals surface area contributed by atoms with Gasteiger partial charge in [0, 0.05) is 11.6 Å². The van der Waals surface area contributed by atoms with Crippen molar-refractivity contribution >= 4 is 75.5 Å². The Kier molecular flexibility index (Phi) is 7.08. The lowest BCUT2D eigenvalue weighted by atomic mass is 9.87. The number of rotatable bonds is 5. The van der Waals surface area contributed by atoms with Gasteiger partial charge in [-0.2, -0.15) is 0 Å². The summed E-state index contributed by atoms with van der Waals surface area (Å²) in [7, 11) is 0. The Bertz CT molecular complexity index is 3800. The van der Waals surface area contributed by atoms with Crippen LogP contribution in [0.4, 0.5) is 0 Å². The van der Waals surface area contributed by atoms with E-state index >= 15 is 0 Å². The smallest absolute Gasteiger partial charge is 0.0702 e. The largest absolute Gasteiger partial charge is 0.256 e. The van der Waals surface area contributed by atoms with E-state index in [2.05, 4.69) is 205 Å². The summed E-state index contributed by atoms with van der Waals surface area (Å²) >= 11 is 0. The summed E-state index contributed by atoms with van der Waals surface area (Å²) in [5.41, 5.74) is 13.1. The van der Waals surface area contributed by atoms with Crippen molar-refractivity contribution in [1.82, 2.24) is 4.98 Å². The van der Waals surface area contributed by atoms with Crippen LogP contribution in [0.1, 0.15) is 0 Å². The standard InChI is InChI=1S/C59H35N/c1-6-36-15-17-40-19-25-49(52-28-21-38(8-1)56(36)58(40)52)44-11-3-10-42(32-44)43-23-27-51(54(35-43)47-24-30-55-48(34-47)14-5-31-60-55)46-13-4-12-45(33-46)50-26-20-41-18-16-37-7-2-9-39-22-29-53(50)59(41)57(37)39/h1-35H. The Morgan fingerprint density at radius 1 is 0.233 bits per heavy atom. The number of nitrogens with zero attached hydrogens (tertiary/aromatic N) is 1. The molecule has 0 N–H and O–H groups in total. The van der Waals surface area contributed by atoms with E-state index in [0.717, 1.165) is 10.9 Å². The molecule has 0 amide bonds. The molecule has 12 aromatic carbocycles. The fourth-order valence-corrected chi connectivity index (χ4v) is 10.2. The summed E-state index contributed by atoms with van der Waals surface area (Å²) in [4.78, 5) is 4.65. The first-order valence-electron chi connectivity index (χ1n) is 20.8. The van der Waals surface area contributed by atoms with Crippen LogP contribution in [0.15, 0.2) is 212 Å². The summed E-state index contributed by atoms with van der Waals surface area (Å²) in [5.74, 6) is 0. The maximum Gasteiger partial charge on any atom is 0.0702 e. The molecule has 1 aromatic heterocycles. The lowest BCUT2D eigenvalue weighted by molar-refractivity contribution is 1.41. The second-order valence-corrected chi connectivity index (χ2v) is 16.3. The molecule has 0 fully saturated rings. The first-order chi connectivity index (χ1) is 29.7. The molecule has 0 aliphatic heterocycles. The Morgan fingerprint density at radius 2 is 0.650 bits per heavy atom. The Morgan fingerprint density at radius 3 is 1.27 bits per heavy atom. The number of hydrogen-bond acceptors (Lipinski definition) is 1. The van der Waals surface area contributed by atoms with Gasteiger partial charge in [0.15, 0.2) is 0 Å². The van der Waals surface area contributed by atoms with Crippen LogP contribution in [-0.2, 0) is 0 Å². The van der Waals surface area contributed by atoms with E-state index in [0.29, 0.717) is 0 Å². The zero-order valence-electron chi connectivity index (χ0n) is 32.7. The molecule has 0 saturated heterocycles. The molecule has 0 spiro atoms. The maximum atomic E-state index is 4.65. The zero-order valence-corrected chi connectivity index (χ0v) is 32.7. The summed E-state index contributed by atoms with van der Waals surface area (Å²) in [5, 5.41) is 16.8. The topological polar surface area (TPSA) is 12.9 Å². The Balaban J connectivity index is 0.968. The van der Waals surface area contributed by atoms with Crippen molar-refractivity contribution in [3.8, 4) is 55.6 Å². The molecular weight excluding hydrogens is 723 g/mol. The second kappa shape index (κ2) is 12.8. The van der Waals surface area contributed by atoms with E-state index in [9.17, 15) is 0 Å². The molecule has 0 radical (unpaired) electrons. The number of aromatic nitrogens is 1. The highest BCUT2D eigenvalue weighted by Crippen LogP contribution is 2.44. The predicted octanol–water partition coefficient (Wildman–Crippen LogP) is 16.4. The van der Waals surface area contributed by atoms with E-state index in [1.807, 2.05) is 12.3 Å². The van der Waals surface area contributed by atoms with Crippen molar-refractivity contribution < 1.29 is 0 Å². The molecule has 0 aliphatic rings. The third-order valence-corrected chi connectivity index (χ3v) is 13.0. The highest BCUT2D eigenvalue weighted by atomic mass is 14.6. The van der Waals surface area contributed by atoms with Gasteiger partial charge in [0.05, 0.1) is 5.52 Å². The molecule has 60 heavy (non-hydrogen) atoms. The zero-order chi connectivity index (χ0) is 39.3. The normalized spacial score (nSPS) is 12.0. The van der Waals surface area contributed by atoms with Crippen molar-refractivity contribution in [3.63, 3.8) is 0 Å². The van der Waals surface area contributed by atoms with Gasteiger partial charge in [0.25, 0.3) is 0 Å². The molecular formula is C59H35N. The molecule has 1 heteroatoms. The molecule has 0 unspecified atom stereocenters. The van der Waals surface area contributed by atoms with Gasteiger partial charge in [-0.05, 0) is 157 Å². The van der Waals surface area contributed by atoms with Gasteiger partial charge in [-0.1, -0.05) is 170 Å². The molecule has 0 saturated carbocycles.